The summed E-state index contributed by atoms with van der Waals surface area (Å²) in [5, 5.41) is 4.05. The van der Waals surface area contributed by atoms with Crippen molar-refractivity contribution < 1.29 is 0 Å². The standard InChI is InChI=1S/C11H13NS/c1-5-9(2)8-10-12-11(3,4)6-7-13-10/h5H,1-2,8H2,3-4H3. The van der Waals surface area contributed by atoms with E-state index in [0.717, 1.165) is 17.0 Å². The smallest absolute Gasteiger partial charge is 0.117 e. The first-order chi connectivity index (χ1) is 6.03. The van der Waals surface area contributed by atoms with Crippen LogP contribution in [0.25, 0.3) is 0 Å². The molecule has 0 unspecified atom stereocenters. The molecule has 1 aliphatic rings. The summed E-state index contributed by atoms with van der Waals surface area (Å²) < 4.78 is 0. The van der Waals surface area contributed by atoms with Gasteiger partial charge in [0, 0.05) is 6.42 Å². The molecule has 0 aliphatic carbocycles. The summed E-state index contributed by atoms with van der Waals surface area (Å²) in [6.45, 7) is 11.5. The highest BCUT2D eigenvalue weighted by Crippen LogP contribution is 2.21. The van der Waals surface area contributed by atoms with Crippen molar-refractivity contribution >= 4 is 16.8 Å². The molecule has 13 heavy (non-hydrogen) atoms. The Bertz CT molecular complexity index is 326. The van der Waals surface area contributed by atoms with Crippen LogP contribution < -0.4 is 0 Å². The van der Waals surface area contributed by atoms with E-state index in [1.165, 1.54) is 11.8 Å². The third-order valence-electron chi connectivity index (χ3n) is 1.60. The van der Waals surface area contributed by atoms with Gasteiger partial charge in [-0.15, -0.1) is 0 Å². The van der Waals surface area contributed by atoms with Crippen LogP contribution in [0.2, 0.25) is 0 Å². The van der Waals surface area contributed by atoms with Crippen molar-refractivity contribution in [3.05, 3.63) is 24.8 Å². The Kier molecular flexibility index (Phi) is 3.00. The molecule has 0 spiro atoms. The molecule has 0 saturated heterocycles. The molecule has 1 aliphatic heterocycles. The molecule has 0 bridgehead atoms. The van der Waals surface area contributed by atoms with Crippen molar-refractivity contribution in [2.24, 2.45) is 4.99 Å². The fourth-order valence-electron chi connectivity index (χ4n) is 0.914. The first-order valence-corrected chi connectivity index (χ1v) is 4.93. The fourth-order valence-corrected chi connectivity index (χ4v) is 1.86. The van der Waals surface area contributed by atoms with Gasteiger partial charge in [0.05, 0.1) is 5.04 Å². The van der Waals surface area contributed by atoms with E-state index in [2.05, 4.69) is 29.3 Å². The van der Waals surface area contributed by atoms with Crippen molar-refractivity contribution in [2.45, 2.75) is 25.8 Å². The molecule has 1 heterocycles. The molecule has 0 amide bonds. The molecular formula is C11H13NS. The van der Waals surface area contributed by atoms with Gasteiger partial charge < -0.3 is 0 Å². The van der Waals surface area contributed by atoms with Crippen molar-refractivity contribution in [1.29, 1.82) is 0 Å². The van der Waals surface area contributed by atoms with Crippen molar-refractivity contribution in [2.75, 3.05) is 0 Å². The highest BCUT2D eigenvalue weighted by atomic mass is 32.2. The Morgan fingerprint density at radius 3 is 2.92 bits per heavy atom. The van der Waals surface area contributed by atoms with Crippen LogP contribution in [0.3, 0.4) is 0 Å². The number of rotatable bonds is 3. The molecular weight excluding hydrogens is 178 g/mol. The van der Waals surface area contributed by atoms with E-state index >= 15 is 0 Å². The van der Waals surface area contributed by atoms with Gasteiger partial charge >= 0.3 is 0 Å². The molecule has 0 aromatic rings. The average Bonchev–Trinajstić information content (AvgIpc) is 2.02. The van der Waals surface area contributed by atoms with Gasteiger partial charge in [-0.25, -0.2) is 0 Å². The monoisotopic (exact) mass is 191 g/mol. The third kappa shape index (κ3) is 3.12. The zero-order chi connectivity index (χ0) is 9.90. The Balaban J connectivity index is 2.70. The molecule has 0 saturated carbocycles. The van der Waals surface area contributed by atoms with E-state index in [0.29, 0.717) is 0 Å². The van der Waals surface area contributed by atoms with E-state index in [9.17, 15) is 0 Å². The Labute approximate surface area is 84.0 Å². The Morgan fingerprint density at radius 2 is 2.38 bits per heavy atom. The lowest BCUT2D eigenvalue weighted by Gasteiger charge is -2.17. The second kappa shape index (κ2) is 3.85. The van der Waals surface area contributed by atoms with Gasteiger partial charge in [0.1, 0.15) is 5.54 Å². The minimum Gasteiger partial charge on any atom is -0.263 e. The number of hydrogen-bond acceptors (Lipinski definition) is 2. The SMILES string of the molecule is C=CC(=C)CC1=NC(C)(C)C#CS1. The summed E-state index contributed by atoms with van der Waals surface area (Å²) >= 11 is 1.49. The van der Waals surface area contributed by atoms with Gasteiger partial charge in [-0.05, 0) is 36.4 Å². The summed E-state index contributed by atoms with van der Waals surface area (Å²) in [6.07, 6.45) is 2.53. The second-order valence-corrected chi connectivity index (χ2v) is 4.31. The van der Waals surface area contributed by atoms with E-state index in [1.807, 2.05) is 13.8 Å². The van der Waals surface area contributed by atoms with Gasteiger partial charge in [0.15, 0.2) is 0 Å². The zero-order valence-electron chi connectivity index (χ0n) is 8.05. The van der Waals surface area contributed by atoms with Crippen molar-refractivity contribution in [1.82, 2.24) is 0 Å². The van der Waals surface area contributed by atoms with E-state index in [4.69, 9.17) is 0 Å². The van der Waals surface area contributed by atoms with Crippen molar-refractivity contribution in [3.63, 3.8) is 0 Å². The Morgan fingerprint density at radius 1 is 1.69 bits per heavy atom. The van der Waals surface area contributed by atoms with Crippen LogP contribution in [0.4, 0.5) is 0 Å². The lowest BCUT2D eigenvalue weighted by atomic mass is 10.1. The predicted octanol–water partition coefficient (Wildman–Crippen LogP) is 3.00. The molecule has 68 valence electrons. The summed E-state index contributed by atoms with van der Waals surface area (Å²) in [5.74, 6) is 3.05. The molecule has 0 N–H and O–H groups in total. The van der Waals surface area contributed by atoms with Gasteiger partial charge in [-0.1, -0.05) is 25.2 Å². The van der Waals surface area contributed by atoms with Crippen LogP contribution in [0, 0.1) is 11.2 Å². The van der Waals surface area contributed by atoms with Crippen LogP contribution in [0.5, 0.6) is 0 Å². The van der Waals surface area contributed by atoms with Gasteiger partial charge in [-0.3, -0.25) is 4.99 Å². The van der Waals surface area contributed by atoms with Crippen LogP contribution >= 0.6 is 11.8 Å². The van der Waals surface area contributed by atoms with Crippen molar-refractivity contribution in [3.8, 4) is 11.2 Å². The summed E-state index contributed by atoms with van der Waals surface area (Å²) in [6, 6.07) is 0. The number of nitrogens with zero attached hydrogens (tertiary/aromatic N) is 1. The van der Waals surface area contributed by atoms with Crippen LogP contribution in [0.1, 0.15) is 20.3 Å². The third-order valence-corrected chi connectivity index (χ3v) is 2.27. The zero-order valence-corrected chi connectivity index (χ0v) is 8.87. The second-order valence-electron chi connectivity index (χ2n) is 3.43. The topological polar surface area (TPSA) is 12.4 Å². The van der Waals surface area contributed by atoms with Gasteiger partial charge in [-0.2, -0.15) is 0 Å². The lowest BCUT2D eigenvalue weighted by Crippen LogP contribution is -2.18. The highest BCUT2D eigenvalue weighted by molar-refractivity contribution is 8.18. The molecule has 2 heteroatoms. The molecule has 0 radical (unpaired) electrons. The van der Waals surface area contributed by atoms with E-state index in [1.54, 1.807) is 6.08 Å². The minimum atomic E-state index is -0.234. The predicted molar refractivity (Wildman–Crippen MR) is 60.8 cm³/mol. The number of thioether (sulfide) groups is 1. The van der Waals surface area contributed by atoms with Crippen LogP contribution in [-0.2, 0) is 0 Å². The highest BCUT2D eigenvalue weighted by Gasteiger charge is 2.17. The molecule has 1 nitrogen and oxygen atoms in total. The fraction of sp³-hybridized carbons (Fsp3) is 0.364. The quantitative estimate of drug-likeness (QED) is 0.493. The maximum absolute atomic E-state index is 4.50. The maximum atomic E-state index is 4.50. The normalized spacial score (nSPS) is 18.2. The molecule has 0 atom stereocenters. The molecule has 0 aromatic carbocycles. The summed E-state index contributed by atoms with van der Waals surface area (Å²) in [4.78, 5) is 4.50. The van der Waals surface area contributed by atoms with Crippen LogP contribution in [-0.4, -0.2) is 10.6 Å². The number of aliphatic imine (C=N–C) groups is 1. The largest absolute Gasteiger partial charge is 0.263 e. The lowest BCUT2D eigenvalue weighted by molar-refractivity contribution is 0.684. The van der Waals surface area contributed by atoms with Gasteiger partial charge in [0.25, 0.3) is 0 Å². The summed E-state index contributed by atoms with van der Waals surface area (Å²) in [5.41, 5.74) is 0.757. The summed E-state index contributed by atoms with van der Waals surface area (Å²) in [7, 11) is 0. The molecule has 0 fully saturated rings. The number of hydrogen-bond donors (Lipinski definition) is 0. The minimum absolute atomic E-state index is 0.234. The Hall–Kier alpha value is -0.940. The van der Waals surface area contributed by atoms with E-state index < -0.39 is 0 Å². The first kappa shape index (κ1) is 10.1. The van der Waals surface area contributed by atoms with E-state index in [-0.39, 0.29) is 5.54 Å². The first-order valence-electron chi connectivity index (χ1n) is 4.11. The van der Waals surface area contributed by atoms with Crippen LogP contribution in [0.15, 0.2) is 29.8 Å². The van der Waals surface area contributed by atoms with Gasteiger partial charge in [0.2, 0.25) is 0 Å². The maximum Gasteiger partial charge on any atom is 0.117 e. The molecule has 1 rings (SSSR count). The molecule has 0 aromatic heterocycles. The average molecular weight is 191 g/mol. The number of allylic oxidation sites excluding steroid dienone is 2.